The normalized spacial score (nSPS) is 25.1. The molecule has 0 radical (unpaired) electrons. The summed E-state index contributed by atoms with van der Waals surface area (Å²) in [7, 11) is -3.54. The lowest BCUT2D eigenvalue weighted by Crippen LogP contribution is -2.48. The van der Waals surface area contributed by atoms with Gasteiger partial charge in [0.15, 0.2) is 0 Å². The average Bonchev–Trinajstić information content (AvgIpc) is 3.05. The van der Waals surface area contributed by atoms with E-state index in [-0.39, 0.29) is 6.54 Å². The predicted molar refractivity (Wildman–Crippen MR) is 77.8 cm³/mol. The van der Waals surface area contributed by atoms with Crippen LogP contribution in [-0.2, 0) is 14.9 Å². The molecule has 0 bridgehead atoms. The minimum absolute atomic E-state index is 0.0273. The Labute approximate surface area is 123 Å². The van der Waals surface area contributed by atoms with Crippen molar-refractivity contribution in [3.8, 4) is 0 Å². The molecule has 0 aromatic heterocycles. The van der Waals surface area contributed by atoms with Crippen molar-refractivity contribution in [2.75, 3.05) is 19.6 Å². The second-order valence-electron chi connectivity index (χ2n) is 5.42. The first-order valence-corrected chi connectivity index (χ1v) is 8.45. The highest BCUT2D eigenvalue weighted by Crippen LogP contribution is 2.27. The fraction of sp³-hybridized carbons (Fsp3) is 0.500. The molecule has 116 valence electrons. The maximum absolute atomic E-state index is 12.1. The van der Waals surface area contributed by atoms with Gasteiger partial charge in [0.2, 0.25) is 0 Å². The Morgan fingerprint density at radius 2 is 1.95 bits per heavy atom. The summed E-state index contributed by atoms with van der Waals surface area (Å²) in [6.45, 7) is -2.05. The number of nitrogens with zero attached hydrogens (tertiary/aromatic N) is 1. The van der Waals surface area contributed by atoms with Gasteiger partial charge in [-0.2, -0.15) is 17.4 Å². The van der Waals surface area contributed by atoms with Crippen molar-refractivity contribution in [2.24, 2.45) is 0 Å². The summed E-state index contributed by atoms with van der Waals surface area (Å²) in [5, 5.41) is 19.7. The molecule has 7 nitrogen and oxygen atoms in total. The van der Waals surface area contributed by atoms with E-state index in [1.54, 1.807) is 24.3 Å². The third-order valence-corrected chi connectivity index (χ3v) is 5.53. The summed E-state index contributed by atoms with van der Waals surface area (Å²) < 4.78 is 33.3. The number of benzene rings is 1. The summed E-state index contributed by atoms with van der Waals surface area (Å²) in [6, 6.07) is 6.72. The van der Waals surface area contributed by atoms with Crippen LogP contribution in [0.3, 0.4) is 0 Å². The molecule has 3 rings (SSSR count). The van der Waals surface area contributed by atoms with E-state index < -0.39 is 23.1 Å². The maximum Gasteiger partial charge on any atom is 0.405 e. The van der Waals surface area contributed by atoms with Crippen LogP contribution in [0.1, 0.15) is 24.5 Å². The Morgan fingerprint density at radius 1 is 1.29 bits per heavy atom. The molecule has 21 heavy (non-hydrogen) atoms. The van der Waals surface area contributed by atoms with Gasteiger partial charge in [-0.05, 0) is 18.4 Å². The monoisotopic (exact) mass is 313 g/mol. The van der Waals surface area contributed by atoms with Crippen LogP contribution in [0.15, 0.2) is 24.3 Å². The first-order chi connectivity index (χ1) is 9.90. The fourth-order valence-electron chi connectivity index (χ4n) is 2.88. The Kier molecular flexibility index (Phi) is 3.81. The zero-order valence-corrected chi connectivity index (χ0v) is 12.3. The van der Waals surface area contributed by atoms with Gasteiger partial charge >= 0.3 is 6.75 Å². The van der Waals surface area contributed by atoms with E-state index in [1.165, 1.54) is 4.31 Å². The molecule has 1 fully saturated rings. The van der Waals surface area contributed by atoms with Crippen molar-refractivity contribution in [3.05, 3.63) is 29.8 Å². The molecule has 1 saturated heterocycles. The van der Waals surface area contributed by atoms with Gasteiger partial charge in [-0.3, -0.25) is 0 Å². The molecule has 9 heteroatoms. The van der Waals surface area contributed by atoms with E-state index >= 15 is 0 Å². The minimum atomic E-state index is -3.54. The molecular formula is C12H18BN2O5S-. The lowest BCUT2D eigenvalue weighted by Gasteiger charge is -2.26. The van der Waals surface area contributed by atoms with Gasteiger partial charge in [0.1, 0.15) is 0 Å². The molecule has 1 aromatic carbocycles. The standard InChI is InChI=1S/C12H18BN2O5S/c16-13(17)11-6-2-1-5-10(11)12(20-13)9-14-21(18,19)15-7-3-4-8-15/h1-2,5-6,12,14,16-17H,3-4,7-9H2/q-1/t12-/m0/s1. The Hall–Kier alpha value is -0.965. The smallest absolute Gasteiger partial charge is 0.405 e. The van der Waals surface area contributed by atoms with Crippen LogP contribution in [0.5, 0.6) is 0 Å². The molecule has 1 atom stereocenters. The zero-order chi connectivity index (χ0) is 15.1. The molecule has 0 aliphatic carbocycles. The molecule has 2 aliphatic rings. The average molecular weight is 313 g/mol. The van der Waals surface area contributed by atoms with E-state index in [0.717, 1.165) is 12.8 Å². The minimum Gasteiger partial charge on any atom is -0.556 e. The van der Waals surface area contributed by atoms with E-state index in [0.29, 0.717) is 24.1 Å². The number of rotatable bonds is 4. The maximum atomic E-state index is 12.1. The number of fused-ring (bicyclic) bond motifs is 1. The van der Waals surface area contributed by atoms with Gasteiger partial charge in [-0.1, -0.05) is 24.3 Å². The van der Waals surface area contributed by atoms with Crippen molar-refractivity contribution in [2.45, 2.75) is 18.9 Å². The van der Waals surface area contributed by atoms with E-state index in [9.17, 15) is 18.5 Å². The van der Waals surface area contributed by atoms with Gasteiger partial charge in [-0.25, -0.2) is 0 Å². The molecular weight excluding hydrogens is 295 g/mol. The van der Waals surface area contributed by atoms with Crippen molar-refractivity contribution < 1.29 is 23.1 Å². The molecule has 3 N–H and O–H groups in total. The van der Waals surface area contributed by atoms with Gasteiger partial charge in [0.25, 0.3) is 10.2 Å². The number of hydrogen-bond donors (Lipinski definition) is 3. The number of hydrogen-bond acceptors (Lipinski definition) is 5. The largest absolute Gasteiger partial charge is 0.556 e. The highest BCUT2D eigenvalue weighted by Gasteiger charge is 2.38. The molecule has 0 amide bonds. The van der Waals surface area contributed by atoms with E-state index in [2.05, 4.69) is 4.72 Å². The third-order valence-electron chi connectivity index (χ3n) is 3.96. The molecule has 0 saturated carbocycles. The summed E-state index contributed by atoms with van der Waals surface area (Å²) >= 11 is 0. The van der Waals surface area contributed by atoms with Gasteiger partial charge in [-0.15, -0.1) is 5.46 Å². The predicted octanol–water partition coefficient (Wildman–Crippen LogP) is -1.18. The van der Waals surface area contributed by atoms with Crippen molar-refractivity contribution in [1.29, 1.82) is 0 Å². The van der Waals surface area contributed by atoms with Crippen molar-refractivity contribution >= 4 is 22.4 Å². The van der Waals surface area contributed by atoms with Gasteiger partial charge < -0.3 is 14.7 Å². The highest BCUT2D eigenvalue weighted by molar-refractivity contribution is 7.87. The van der Waals surface area contributed by atoms with Crippen molar-refractivity contribution in [3.63, 3.8) is 0 Å². The first kappa shape index (κ1) is 15.0. The zero-order valence-electron chi connectivity index (χ0n) is 11.5. The van der Waals surface area contributed by atoms with E-state index in [4.69, 9.17) is 4.65 Å². The third kappa shape index (κ3) is 2.85. The summed E-state index contributed by atoms with van der Waals surface area (Å²) in [5.41, 5.74) is 0.912. The molecule has 1 aromatic rings. The van der Waals surface area contributed by atoms with Crippen LogP contribution in [0.4, 0.5) is 0 Å². The van der Waals surface area contributed by atoms with Crippen LogP contribution < -0.4 is 10.2 Å². The second kappa shape index (κ2) is 5.34. The summed E-state index contributed by atoms with van der Waals surface area (Å²) in [6.07, 6.45) is 1.03. The fourth-order valence-corrected chi connectivity index (χ4v) is 4.16. The topological polar surface area (TPSA) is 99.1 Å². The quantitative estimate of drug-likeness (QED) is 0.608. The van der Waals surface area contributed by atoms with Gasteiger partial charge in [0, 0.05) is 19.6 Å². The van der Waals surface area contributed by atoms with Crippen LogP contribution in [0.25, 0.3) is 0 Å². The highest BCUT2D eigenvalue weighted by atomic mass is 32.2. The molecule has 2 aliphatic heterocycles. The Bertz CT molecular complexity index is 630. The molecule has 2 heterocycles. The van der Waals surface area contributed by atoms with Crippen LogP contribution in [-0.4, -0.2) is 49.2 Å². The molecule has 0 spiro atoms. The molecule has 0 unspecified atom stereocenters. The Balaban J connectivity index is 1.72. The summed E-state index contributed by atoms with van der Waals surface area (Å²) in [5.74, 6) is 0. The lowest BCUT2D eigenvalue weighted by molar-refractivity contribution is 0.119. The first-order valence-electron chi connectivity index (χ1n) is 7.01. The summed E-state index contributed by atoms with van der Waals surface area (Å²) in [4.78, 5) is 0. The van der Waals surface area contributed by atoms with Crippen LogP contribution in [0.2, 0.25) is 0 Å². The second-order valence-corrected chi connectivity index (χ2v) is 7.17. The Morgan fingerprint density at radius 3 is 2.67 bits per heavy atom. The van der Waals surface area contributed by atoms with Crippen LogP contribution >= 0.6 is 0 Å². The lowest BCUT2D eigenvalue weighted by atomic mass is 9.71. The van der Waals surface area contributed by atoms with Gasteiger partial charge in [0.05, 0.1) is 6.10 Å². The van der Waals surface area contributed by atoms with Crippen molar-refractivity contribution in [1.82, 2.24) is 9.03 Å². The van der Waals surface area contributed by atoms with Crippen LogP contribution in [0, 0.1) is 0 Å². The number of nitrogens with one attached hydrogen (secondary N) is 1. The van der Waals surface area contributed by atoms with E-state index in [1.807, 2.05) is 0 Å². The SMILES string of the molecule is O=S(=O)(NC[C@@H]1O[B-](O)(O)c2ccccc21)N1CCCC1.